The van der Waals surface area contributed by atoms with Gasteiger partial charge in [0, 0.05) is 38.4 Å². The molecule has 3 heterocycles. The SMILES string of the molecule is CCn1c(C2CCN(C(=O)c3c(C)oc4c3C(=O)CCC4)CC2)n[nH]c1=O. The minimum atomic E-state index is -0.190. The number of nitrogens with zero attached hydrogens (tertiary/aromatic N) is 3. The number of aromatic amines is 1. The number of aryl methyl sites for hydroxylation is 2. The molecule has 0 unspecified atom stereocenters. The number of likely N-dealkylation sites (tertiary alicyclic amines) is 1. The molecule has 1 aliphatic heterocycles. The van der Waals surface area contributed by atoms with E-state index in [4.69, 9.17) is 4.42 Å². The van der Waals surface area contributed by atoms with Crippen LogP contribution in [0.25, 0.3) is 0 Å². The third-order valence-corrected chi connectivity index (χ3v) is 5.71. The summed E-state index contributed by atoms with van der Waals surface area (Å²) in [4.78, 5) is 39.0. The molecule has 4 rings (SSSR count). The molecule has 2 aromatic rings. The maximum atomic E-state index is 13.1. The zero-order valence-corrected chi connectivity index (χ0v) is 15.7. The summed E-state index contributed by atoms with van der Waals surface area (Å²) in [5.41, 5.74) is 0.751. The predicted molar refractivity (Wildman–Crippen MR) is 97.1 cm³/mol. The van der Waals surface area contributed by atoms with Crippen molar-refractivity contribution in [3.05, 3.63) is 39.0 Å². The molecule has 1 aliphatic carbocycles. The maximum Gasteiger partial charge on any atom is 0.343 e. The van der Waals surface area contributed by atoms with Crippen molar-refractivity contribution < 1.29 is 14.0 Å². The second-order valence-corrected chi connectivity index (χ2v) is 7.31. The minimum Gasteiger partial charge on any atom is -0.465 e. The van der Waals surface area contributed by atoms with Crippen LogP contribution in [-0.4, -0.2) is 44.4 Å². The van der Waals surface area contributed by atoms with E-state index in [1.807, 2.05) is 6.92 Å². The number of hydrogen-bond donors (Lipinski definition) is 1. The summed E-state index contributed by atoms with van der Waals surface area (Å²) in [6.45, 7) is 5.39. The minimum absolute atomic E-state index is 0.00909. The van der Waals surface area contributed by atoms with Gasteiger partial charge in [-0.1, -0.05) is 0 Å². The van der Waals surface area contributed by atoms with E-state index in [1.165, 1.54) is 0 Å². The number of Topliss-reactive ketones (excluding diaryl/α,β-unsaturated/α-hetero) is 1. The Hall–Kier alpha value is -2.64. The first-order chi connectivity index (χ1) is 13.0. The number of nitrogens with one attached hydrogen (secondary N) is 1. The van der Waals surface area contributed by atoms with Gasteiger partial charge in [0.2, 0.25) is 0 Å². The molecule has 1 fully saturated rings. The van der Waals surface area contributed by atoms with Crippen LogP contribution in [0.5, 0.6) is 0 Å². The number of amides is 1. The second-order valence-electron chi connectivity index (χ2n) is 7.31. The topological polar surface area (TPSA) is 101 Å². The first kappa shape index (κ1) is 17.8. The lowest BCUT2D eigenvalue weighted by Gasteiger charge is -2.31. The number of piperidine rings is 1. The monoisotopic (exact) mass is 372 g/mol. The van der Waals surface area contributed by atoms with Crippen molar-refractivity contribution in [3.63, 3.8) is 0 Å². The molecule has 8 heteroatoms. The lowest BCUT2D eigenvalue weighted by Crippen LogP contribution is -2.39. The van der Waals surface area contributed by atoms with Crippen LogP contribution in [0.1, 0.15) is 76.6 Å². The maximum absolute atomic E-state index is 13.1. The van der Waals surface area contributed by atoms with Crippen molar-refractivity contribution in [1.29, 1.82) is 0 Å². The average Bonchev–Trinajstić information content (AvgIpc) is 3.21. The van der Waals surface area contributed by atoms with Crippen molar-refractivity contribution in [3.8, 4) is 0 Å². The highest BCUT2D eigenvalue weighted by atomic mass is 16.3. The normalized spacial score (nSPS) is 18.0. The number of carbonyl (C=O) groups excluding carboxylic acids is 2. The highest BCUT2D eigenvalue weighted by Crippen LogP contribution is 2.32. The number of aromatic nitrogens is 3. The summed E-state index contributed by atoms with van der Waals surface area (Å²) in [7, 11) is 0. The average molecular weight is 372 g/mol. The molecular weight excluding hydrogens is 348 g/mol. The van der Waals surface area contributed by atoms with Crippen LogP contribution in [0.4, 0.5) is 0 Å². The number of ketones is 1. The van der Waals surface area contributed by atoms with Gasteiger partial charge in [-0.15, -0.1) is 0 Å². The Morgan fingerprint density at radius 2 is 2.00 bits per heavy atom. The fourth-order valence-corrected chi connectivity index (χ4v) is 4.31. The van der Waals surface area contributed by atoms with Gasteiger partial charge in [0.1, 0.15) is 17.3 Å². The van der Waals surface area contributed by atoms with Crippen molar-refractivity contribution in [2.45, 2.75) is 58.4 Å². The zero-order valence-electron chi connectivity index (χ0n) is 15.7. The molecule has 2 aliphatic rings. The molecule has 0 spiro atoms. The van der Waals surface area contributed by atoms with E-state index >= 15 is 0 Å². The molecule has 27 heavy (non-hydrogen) atoms. The number of hydrogen-bond acceptors (Lipinski definition) is 5. The highest BCUT2D eigenvalue weighted by molar-refractivity contribution is 6.10. The quantitative estimate of drug-likeness (QED) is 0.888. The third kappa shape index (κ3) is 2.93. The van der Waals surface area contributed by atoms with Crippen molar-refractivity contribution >= 4 is 11.7 Å². The number of rotatable bonds is 3. The van der Waals surface area contributed by atoms with Gasteiger partial charge in [0.25, 0.3) is 5.91 Å². The second kappa shape index (κ2) is 6.83. The van der Waals surface area contributed by atoms with Gasteiger partial charge in [-0.2, -0.15) is 5.10 Å². The number of H-pyrrole nitrogens is 1. The first-order valence-corrected chi connectivity index (χ1v) is 9.61. The molecule has 144 valence electrons. The Kier molecular flexibility index (Phi) is 4.49. The van der Waals surface area contributed by atoms with Crippen LogP contribution in [0.15, 0.2) is 9.21 Å². The summed E-state index contributed by atoms with van der Waals surface area (Å²) >= 11 is 0. The molecule has 0 atom stereocenters. The Bertz CT molecular complexity index is 944. The lowest BCUT2D eigenvalue weighted by atomic mass is 9.91. The smallest absolute Gasteiger partial charge is 0.343 e. The van der Waals surface area contributed by atoms with E-state index in [2.05, 4.69) is 10.2 Å². The van der Waals surface area contributed by atoms with Crippen LogP contribution < -0.4 is 5.69 Å². The number of carbonyl (C=O) groups is 2. The van der Waals surface area contributed by atoms with Crippen LogP contribution in [0, 0.1) is 6.92 Å². The van der Waals surface area contributed by atoms with Gasteiger partial charge < -0.3 is 9.32 Å². The Balaban J connectivity index is 1.52. The van der Waals surface area contributed by atoms with Gasteiger partial charge in [0.15, 0.2) is 5.78 Å². The molecule has 0 saturated carbocycles. The summed E-state index contributed by atoms with van der Waals surface area (Å²) in [6, 6.07) is 0. The van der Waals surface area contributed by atoms with Gasteiger partial charge in [0.05, 0.1) is 11.1 Å². The summed E-state index contributed by atoms with van der Waals surface area (Å²) in [5.74, 6) is 1.99. The summed E-state index contributed by atoms with van der Waals surface area (Å²) < 4.78 is 7.37. The van der Waals surface area contributed by atoms with E-state index in [9.17, 15) is 14.4 Å². The Morgan fingerprint density at radius 3 is 2.70 bits per heavy atom. The van der Waals surface area contributed by atoms with Gasteiger partial charge in [-0.3, -0.25) is 14.2 Å². The Morgan fingerprint density at radius 1 is 1.26 bits per heavy atom. The van der Waals surface area contributed by atoms with Crippen LogP contribution in [-0.2, 0) is 13.0 Å². The van der Waals surface area contributed by atoms with Crippen molar-refractivity contribution in [2.24, 2.45) is 0 Å². The van der Waals surface area contributed by atoms with E-state index in [-0.39, 0.29) is 23.3 Å². The van der Waals surface area contributed by atoms with E-state index in [0.717, 1.165) is 25.1 Å². The zero-order chi connectivity index (χ0) is 19.1. The molecule has 1 saturated heterocycles. The largest absolute Gasteiger partial charge is 0.465 e. The van der Waals surface area contributed by atoms with Gasteiger partial charge in [-0.25, -0.2) is 9.89 Å². The van der Waals surface area contributed by atoms with Crippen molar-refractivity contribution in [2.75, 3.05) is 13.1 Å². The van der Waals surface area contributed by atoms with Crippen LogP contribution in [0.2, 0.25) is 0 Å². The molecule has 0 aromatic carbocycles. The third-order valence-electron chi connectivity index (χ3n) is 5.71. The molecule has 0 bridgehead atoms. The van der Waals surface area contributed by atoms with Crippen molar-refractivity contribution in [1.82, 2.24) is 19.7 Å². The fraction of sp³-hybridized carbons (Fsp3) is 0.579. The number of furan rings is 1. The lowest BCUT2D eigenvalue weighted by molar-refractivity contribution is 0.0704. The summed E-state index contributed by atoms with van der Waals surface area (Å²) in [5, 5.41) is 6.69. The Labute approximate surface area is 156 Å². The van der Waals surface area contributed by atoms with E-state index < -0.39 is 0 Å². The van der Waals surface area contributed by atoms with Crippen LogP contribution >= 0.6 is 0 Å². The highest BCUT2D eigenvalue weighted by Gasteiger charge is 2.34. The van der Waals surface area contributed by atoms with Crippen LogP contribution in [0.3, 0.4) is 0 Å². The van der Waals surface area contributed by atoms with E-state index in [1.54, 1.807) is 16.4 Å². The predicted octanol–water partition coefficient (Wildman–Crippen LogP) is 2.03. The van der Waals surface area contributed by atoms with Gasteiger partial charge in [-0.05, 0) is 33.1 Å². The molecule has 8 nitrogen and oxygen atoms in total. The van der Waals surface area contributed by atoms with Gasteiger partial charge >= 0.3 is 5.69 Å². The fourth-order valence-electron chi connectivity index (χ4n) is 4.31. The molecule has 2 aromatic heterocycles. The first-order valence-electron chi connectivity index (χ1n) is 9.61. The standard InChI is InChI=1S/C19H24N4O4/c1-3-23-17(20-21-19(23)26)12-7-9-22(10-8-12)18(25)15-11(2)27-14-6-4-5-13(24)16(14)15/h12H,3-10H2,1-2H3,(H,21,26). The number of fused-ring (bicyclic) bond motifs is 1. The molecular formula is C19H24N4O4. The molecule has 0 radical (unpaired) electrons. The van der Waals surface area contributed by atoms with E-state index in [0.29, 0.717) is 55.1 Å². The summed E-state index contributed by atoms with van der Waals surface area (Å²) in [6.07, 6.45) is 3.44. The molecule has 1 amide bonds. The molecule has 1 N–H and O–H groups in total.